The predicted octanol–water partition coefficient (Wildman–Crippen LogP) is 0.784. The van der Waals surface area contributed by atoms with E-state index >= 15 is 0 Å². The molecule has 0 aliphatic rings. The molecule has 1 rings (SSSR count). The summed E-state index contributed by atoms with van der Waals surface area (Å²) in [6.07, 6.45) is -1.28. The van der Waals surface area contributed by atoms with Crippen LogP contribution >= 0.6 is 11.6 Å². The molecule has 0 aliphatic heterocycles. The molecule has 26 heavy (non-hydrogen) atoms. The van der Waals surface area contributed by atoms with Crippen LogP contribution in [0.1, 0.15) is 20.8 Å². The lowest BCUT2D eigenvalue weighted by Crippen LogP contribution is -2.46. The Hall–Kier alpha value is -2.17. The van der Waals surface area contributed by atoms with Gasteiger partial charge in [-0.1, -0.05) is 11.6 Å². The summed E-state index contributed by atoms with van der Waals surface area (Å²) in [6, 6.07) is 3.38. The van der Waals surface area contributed by atoms with Crippen LogP contribution in [0.4, 0.5) is 4.79 Å². The molecule has 9 nitrogen and oxygen atoms in total. The second-order valence-corrected chi connectivity index (χ2v) is 7.38. The number of esters is 1. The first kappa shape index (κ1) is 21.9. The fraction of sp³-hybridized carbons (Fsp3) is 0.400. The molecule has 1 aromatic carbocycles. The first-order valence-corrected chi connectivity index (χ1v) is 9.50. The molecule has 144 valence electrons. The van der Waals surface area contributed by atoms with Crippen molar-refractivity contribution in [2.45, 2.75) is 37.8 Å². The summed E-state index contributed by atoms with van der Waals surface area (Å²) in [4.78, 5) is 34.9. The van der Waals surface area contributed by atoms with Gasteiger partial charge in [0.25, 0.3) is 5.91 Å². The Kier molecular flexibility index (Phi) is 8.00. The second-order valence-electron chi connectivity index (χ2n) is 5.22. The molecular formula is C15H20ClN3O6S. The van der Waals surface area contributed by atoms with E-state index in [2.05, 4.69) is 10.0 Å². The highest BCUT2D eigenvalue weighted by atomic mass is 35.5. The Balaban J connectivity index is 2.65. The van der Waals surface area contributed by atoms with Crippen LogP contribution in [-0.4, -0.2) is 45.0 Å². The van der Waals surface area contributed by atoms with Crippen LogP contribution in [0.25, 0.3) is 0 Å². The van der Waals surface area contributed by atoms with Crippen molar-refractivity contribution in [1.82, 2.24) is 15.4 Å². The maximum Gasteiger partial charge on any atom is 0.324 e. The van der Waals surface area contributed by atoms with Crippen LogP contribution in [0.15, 0.2) is 29.2 Å². The zero-order chi connectivity index (χ0) is 19.9. The Bertz CT molecular complexity index is 766. The Morgan fingerprint density at radius 2 is 1.73 bits per heavy atom. The number of nitrogens with one attached hydrogen (secondary N) is 3. The number of hydrogen-bond acceptors (Lipinski definition) is 6. The molecule has 0 heterocycles. The number of rotatable bonds is 7. The van der Waals surface area contributed by atoms with Gasteiger partial charge in [0.1, 0.15) is 6.04 Å². The number of carbonyl (C=O) groups excluding carboxylic acids is 3. The lowest BCUT2D eigenvalue weighted by Gasteiger charge is -2.17. The first-order valence-electron chi connectivity index (χ1n) is 7.64. The topological polar surface area (TPSA) is 131 Å². The quantitative estimate of drug-likeness (QED) is 0.574. The Morgan fingerprint density at radius 1 is 1.15 bits per heavy atom. The van der Waals surface area contributed by atoms with Gasteiger partial charge in [-0.3, -0.25) is 14.9 Å². The smallest absolute Gasteiger partial charge is 0.324 e. The zero-order valence-corrected chi connectivity index (χ0v) is 16.0. The monoisotopic (exact) mass is 405 g/mol. The van der Waals surface area contributed by atoms with E-state index < -0.39 is 40.1 Å². The third-order valence-corrected chi connectivity index (χ3v) is 4.85. The van der Waals surface area contributed by atoms with Gasteiger partial charge in [0.05, 0.1) is 4.90 Å². The largest absolute Gasteiger partial charge is 0.451 e. The number of hydrogen-bond donors (Lipinski definition) is 3. The highest BCUT2D eigenvalue weighted by Gasteiger charge is 2.26. The summed E-state index contributed by atoms with van der Waals surface area (Å²) in [7, 11) is -3.98. The average molecular weight is 406 g/mol. The van der Waals surface area contributed by atoms with E-state index in [1.807, 2.05) is 5.32 Å². The lowest BCUT2D eigenvalue weighted by molar-refractivity contribution is -0.155. The maximum absolute atomic E-state index is 12.2. The number of benzene rings is 1. The van der Waals surface area contributed by atoms with E-state index in [-0.39, 0.29) is 4.90 Å². The maximum atomic E-state index is 12.2. The molecule has 0 aliphatic carbocycles. The fourth-order valence-corrected chi connectivity index (χ4v) is 3.03. The molecule has 0 fully saturated rings. The molecule has 2 atom stereocenters. The van der Waals surface area contributed by atoms with Crippen LogP contribution in [0.5, 0.6) is 0 Å². The van der Waals surface area contributed by atoms with Crippen molar-refractivity contribution in [1.29, 1.82) is 0 Å². The number of halogens is 1. The van der Waals surface area contributed by atoms with E-state index in [4.69, 9.17) is 16.3 Å². The summed E-state index contributed by atoms with van der Waals surface area (Å²) >= 11 is 5.70. The van der Waals surface area contributed by atoms with E-state index in [0.29, 0.717) is 11.6 Å². The van der Waals surface area contributed by atoms with Gasteiger partial charge in [-0.05, 0) is 45.0 Å². The third kappa shape index (κ3) is 6.62. The molecule has 0 aromatic heterocycles. The summed E-state index contributed by atoms with van der Waals surface area (Å²) in [5.41, 5.74) is 0. The summed E-state index contributed by atoms with van der Waals surface area (Å²) in [5, 5.41) is 4.70. The zero-order valence-electron chi connectivity index (χ0n) is 14.4. The Labute approximate surface area is 156 Å². The Morgan fingerprint density at radius 3 is 2.27 bits per heavy atom. The molecule has 1 aromatic rings. The normalized spacial score (nSPS) is 13.4. The molecule has 0 unspecified atom stereocenters. The number of amides is 3. The van der Waals surface area contributed by atoms with Gasteiger partial charge in [-0.25, -0.2) is 13.2 Å². The van der Waals surface area contributed by atoms with Gasteiger partial charge in [-0.2, -0.15) is 4.72 Å². The van der Waals surface area contributed by atoms with Gasteiger partial charge in [-0.15, -0.1) is 0 Å². The molecule has 0 bridgehead atoms. The highest BCUT2D eigenvalue weighted by Crippen LogP contribution is 2.14. The summed E-state index contributed by atoms with van der Waals surface area (Å²) in [6.45, 7) is 4.51. The van der Waals surface area contributed by atoms with Crippen LogP contribution in [0.2, 0.25) is 5.02 Å². The molecule has 0 saturated carbocycles. The lowest BCUT2D eigenvalue weighted by atomic mass is 10.3. The molecule has 0 radical (unpaired) electrons. The number of sulfonamides is 1. The number of urea groups is 1. The van der Waals surface area contributed by atoms with Gasteiger partial charge in [0.2, 0.25) is 10.0 Å². The third-order valence-electron chi connectivity index (χ3n) is 3.05. The molecular weight excluding hydrogens is 386 g/mol. The van der Waals surface area contributed by atoms with Crippen molar-refractivity contribution in [3.63, 3.8) is 0 Å². The minimum absolute atomic E-state index is 0.0800. The number of imide groups is 1. The van der Waals surface area contributed by atoms with Crippen LogP contribution < -0.4 is 15.4 Å². The van der Waals surface area contributed by atoms with E-state index in [1.54, 1.807) is 6.92 Å². The fourth-order valence-electron chi connectivity index (χ4n) is 1.71. The summed E-state index contributed by atoms with van der Waals surface area (Å²) in [5.74, 6) is -1.81. The number of ether oxygens (including phenoxy) is 1. The molecule has 3 amide bonds. The van der Waals surface area contributed by atoms with E-state index in [9.17, 15) is 22.8 Å². The van der Waals surface area contributed by atoms with Crippen molar-refractivity contribution >= 4 is 39.5 Å². The molecule has 3 N–H and O–H groups in total. The van der Waals surface area contributed by atoms with Crippen molar-refractivity contribution in [2.75, 3.05) is 6.54 Å². The molecule has 0 saturated heterocycles. The predicted molar refractivity (Wildman–Crippen MR) is 94.0 cm³/mol. The van der Waals surface area contributed by atoms with E-state index in [0.717, 1.165) is 0 Å². The first-order chi connectivity index (χ1) is 12.1. The van der Waals surface area contributed by atoms with Gasteiger partial charge in [0.15, 0.2) is 6.10 Å². The van der Waals surface area contributed by atoms with Crippen molar-refractivity contribution in [2.24, 2.45) is 0 Å². The van der Waals surface area contributed by atoms with E-state index in [1.165, 1.54) is 38.1 Å². The SMILES string of the molecule is CCNC(=O)NC(=O)[C@H](C)OC(=O)[C@@H](C)NS(=O)(=O)c1ccc(Cl)cc1. The van der Waals surface area contributed by atoms with Crippen molar-refractivity contribution < 1.29 is 27.5 Å². The number of carbonyl (C=O) groups is 3. The van der Waals surface area contributed by atoms with Gasteiger partial charge >= 0.3 is 12.0 Å². The minimum Gasteiger partial charge on any atom is -0.451 e. The van der Waals surface area contributed by atoms with Crippen LogP contribution in [-0.2, 0) is 24.3 Å². The summed E-state index contributed by atoms with van der Waals surface area (Å²) < 4.78 is 31.4. The van der Waals surface area contributed by atoms with Crippen LogP contribution in [0.3, 0.4) is 0 Å². The van der Waals surface area contributed by atoms with Crippen LogP contribution in [0, 0.1) is 0 Å². The minimum atomic E-state index is -3.98. The second kappa shape index (κ2) is 9.51. The van der Waals surface area contributed by atoms with Gasteiger partial charge < -0.3 is 10.1 Å². The molecule has 11 heteroatoms. The standard InChI is InChI=1S/C15H20ClN3O6S/c1-4-17-15(22)18-13(20)10(3)25-14(21)9(2)19-26(23,24)12-7-5-11(16)6-8-12/h5-10,19H,4H2,1-3H3,(H2,17,18,20,22)/t9-,10+/m1/s1. The van der Waals surface area contributed by atoms with Gasteiger partial charge in [0, 0.05) is 11.6 Å². The molecule has 0 spiro atoms. The average Bonchev–Trinajstić information content (AvgIpc) is 2.54. The van der Waals surface area contributed by atoms with Crippen molar-refractivity contribution in [3.05, 3.63) is 29.3 Å². The van der Waals surface area contributed by atoms with Crippen molar-refractivity contribution in [3.8, 4) is 0 Å². The highest BCUT2D eigenvalue weighted by molar-refractivity contribution is 7.89.